The Morgan fingerprint density at radius 2 is 1.87 bits per heavy atom. The molecular weight excluding hydrogens is 488 g/mol. The molecule has 198 valence electrons. The molecule has 1 saturated carbocycles. The number of furan rings is 1. The Balaban J connectivity index is 1.43. The van der Waals surface area contributed by atoms with Crippen molar-refractivity contribution in [3.05, 3.63) is 63.6 Å². The fourth-order valence-electron chi connectivity index (χ4n) is 6.82. The van der Waals surface area contributed by atoms with Crippen LogP contribution >= 0.6 is 0 Å². The molecule has 1 saturated heterocycles. The van der Waals surface area contributed by atoms with Crippen LogP contribution in [0.15, 0.2) is 45.6 Å². The predicted molar refractivity (Wildman–Crippen MR) is 137 cm³/mol. The van der Waals surface area contributed by atoms with E-state index in [1.165, 1.54) is 12.8 Å². The zero-order valence-corrected chi connectivity index (χ0v) is 21.1. The van der Waals surface area contributed by atoms with E-state index in [0.29, 0.717) is 17.7 Å². The largest absolute Gasteiger partial charge is 0.508 e. The summed E-state index contributed by atoms with van der Waals surface area (Å²) in [5.41, 5.74) is 4.89. The lowest BCUT2D eigenvalue weighted by atomic mass is 9.59. The first-order chi connectivity index (χ1) is 18.1. The van der Waals surface area contributed by atoms with Crippen LogP contribution in [0.5, 0.6) is 0 Å². The highest BCUT2D eigenvalue weighted by Gasteiger charge is 2.60. The molecule has 4 aliphatic rings. The van der Waals surface area contributed by atoms with E-state index in [2.05, 4.69) is 4.90 Å². The van der Waals surface area contributed by atoms with Gasteiger partial charge in [0, 0.05) is 29.0 Å². The highest BCUT2D eigenvalue weighted by molar-refractivity contribution is 6.22. The molecule has 3 aliphatic carbocycles. The van der Waals surface area contributed by atoms with Gasteiger partial charge in [-0.2, -0.15) is 0 Å². The Bertz CT molecular complexity index is 1460. The Hall–Kier alpha value is -3.69. The number of amides is 1. The summed E-state index contributed by atoms with van der Waals surface area (Å²) in [5.74, 6) is -4.00. The number of hydrogen-bond donors (Lipinski definition) is 4. The van der Waals surface area contributed by atoms with Crippen molar-refractivity contribution in [3.63, 3.8) is 0 Å². The highest BCUT2D eigenvalue weighted by atomic mass is 16.4. The maximum atomic E-state index is 13.7. The molecule has 0 bridgehead atoms. The maximum Gasteiger partial charge on any atom is 0.255 e. The number of aryl methyl sites for hydroxylation is 1. The van der Waals surface area contributed by atoms with Gasteiger partial charge in [-0.1, -0.05) is 12.1 Å². The topological polar surface area (TPSA) is 154 Å². The lowest BCUT2D eigenvalue weighted by Crippen LogP contribution is -2.58. The van der Waals surface area contributed by atoms with Gasteiger partial charge in [0.2, 0.25) is 5.78 Å². The number of carbonyl (C=O) groups excluding carboxylic acids is 3. The van der Waals surface area contributed by atoms with Crippen LogP contribution < -0.4 is 5.73 Å². The number of hydrogen-bond acceptors (Lipinski definition) is 8. The van der Waals surface area contributed by atoms with E-state index in [9.17, 15) is 29.7 Å². The standard InChI is InChI=1S/C29H30N2O7/c1-14-4-6-18(21-7-5-17(38-21)13-31-8-2-3-9-31)19-11-15-10-16-12-20(32)24(28(30)36)27(35)29(16,37)26(34)23(15)25(33)22(14)19/h4-7,15-16,33,35,37H,2-3,8-13H2,1H3,(H2,30,36)/t15-,16?,29+/m1/s1. The molecule has 2 aromatic rings. The van der Waals surface area contributed by atoms with Crippen molar-refractivity contribution in [1.82, 2.24) is 4.90 Å². The van der Waals surface area contributed by atoms with Crippen molar-refractivity contribution in [1.29, 1.82) is 0 Å². The minimum Gasteiger partial charge on any atom is -0.508 e. The molecule has 9 nitrogen and oxygen atoms in total. The minimum atomic E-state index is -2.49. The molecule has 3 atom stereocenters. The molecule has 2 heterocycles. The molecule has 38 heavy (non-hydrogen) atoms. The van der Waals surface area contributed by atoms with E-state index in [1.807, 2.05) is 31.2 Å². The Kier molecular flexibility index (Phi) is 5.62. The molecule has 1 unspecified atom stereocenters. The first-order valence-electron chi connectivity index (χ1n) is 13.0. The quantitative estimate of drug-likeness (QED) is 0.451. The number of rotatable bonds is 4. The second kappa shape index (κ2) is 8.68. The van der Waals surface area contributed by atoms with Crippen LogP contribution in [-0.2, 0) is 27.3 Å². The lowest BCUT2D eigenvalue weighted by molar-refractivity contribution is -0.147. The number of ketones is 2. The van der Waals surface area contributed by atoms with Gasteiger partial charge in [-0.3, -0.25) is 19.3 Å². The molecule has 0 radical (unpaired) electrons. The van der Waals surface area contributed by atoms with Gasteiger partial charge < -0.3 is 25.5 Å². The average molecular weight is 519 g/mol. The normalized spacial score (nSPS) is 27.4. The van der Waals surface area contributed by atoms with Gasteiger partial charge in [-0.25, -0.2) is 0 Å². The van der Waals surface area contributed by atoms with E-state index in [1.54, 1.807) is 0 Å². The second-order valence-corrected chi connectivity index (χ2v) is 10.9. The van der Waals surface area contributed by atoms with Crippen molar-refractivity contribution in [2.75, 3.05) is 13.1 Å². The third-order valence-corrected chi connectivity index (χ3v) is 8.68. The number of Topliss-reactive ketones (excluding diaryl/α,β-unsaturated/α-hetero) is 2. The number of nitrogens with zero attached hydrogens (tertiary/aromatic N) is 1. The molecule has 0 spiro atoms. The number of fused-ring (bicyclic) bond motifs is 3. The second-order valence-electron chi connectivity index (χ2n) is 10.9. The van der Waals surface area contributed by atoms with Crippen molar-refractivity contribution in [3.8, 4) is 11.3 Å². The molecule has 1 aromatic heterocycles. The number of aliphatic hydroxyl groups is 3. The number of benzene rings is 1. The summed E-state index contributed by atoms with van der Waals surface area (Å²) in [4.78, 5) is 40.4. The minimum absolute atomic E-state index is 0.00427. The zero-order chi connectivity index (χ0) is 26.9. The summed E-state index contributed by atoms with van der Waals surface area (Å²) in [6.07, 6.45) is 2.61. The highest BCUT2D eigenvalue weighted by Crippen LogP contribution is 2.52. The van der Waals surface area contributed by atoms with Crippen LogP contribution in [0.3, 0.4) is 0 Å². The summed E-state index contributed by atoms with van der Waals surface area (Å²) < 4.78 is 6.22. The summed E-state index contributed by atoms with van der Waals surface area (Å²) in [6.45, 7) is 4.66. The molecule has 2 fully saturated rings. The summed E-state index contributed by atoms with van der Waals surface area (Å²) in [5, 5.41) is 33.6. The van der Waals surface area contributed by atoms with Crippen LogP contribution in [0.25, 0.3) is 17.1 Å². The number of primary amides is 1. The van der Waals surface area contributed by atoms with E-state index >= 15 is 0 Å². The average Bonchev–Trinajstić information content (AvgIpc) is 3.54. The van der Waals surface area contributed by atoms with Crippen molar-refractivity contribution in [2.24, 2.45) is 17.6 Å². The maximum absolute atomic E-state index is 13.7. The van der Waals surface area contributed by atoms with Gasteiger partial charge in [0.1, 0.15) is 28.6 Å². The lowest BCUT2D eigenvalue weighted by Gasteiger charge is -2.46. The van der Waals surface area contributed by atoms with E-state index in [4.69, 9.17) is 10.2 Å². The Morgan fingerprint density at radius 1 is 1.13 bits per heavy atom. The van der Waals surface area contributed by atoms with E-state index in [0.717, 1.165) is 42.1 Å². The molecular formula is C29H30N2O7. The van der Waals surface area contributed by atoms with Crippen LogP contribution in [0.4, 0.5) is 0 Å². The van der Waals surface area contributed by atoms with Gasteiger partial charge in [0.05, 0.1) is 6.54 Å². The molecule has 1 aromatic carbocycles. The number of carbonyl (C=O) groups is 3. The first kappa shape index (κ1) is 24.6. The third-order valence-electron chi connectivity index (χ3n) is 8.68. The van der Waals surface area contributed by atoms with Gasteiger partial charge in [0.25, 0.3) is 5.91 Å². The van der Waals surface area contributed by atoms with Crippen molar-refractivity contribution < 1.29 is 34.1 Å². The van der Waals surface area contributed by atoms with Gasteiger partial charge in [0.15, 0.2) is 11.4 Å². The smallest absolute Gasteiger partial charge is 0.255 e. The predicted octanol–water partition coefficient (Wildman–Crippen LogP) is 2.88. The molecule has 1 aliphatic heterocycles. The number of likely N-dealkylation sites (tertiary alicyclic amines) is 1. The fraction of sp³-hybridized carbons (Fsp3) is 0.414. The molecule has 9 heteroatoms. The number of nitrogens with two attached hydrogens (primary N) is 1. The van der Waals surface area contributed by atoms with E-state index < -0.39 is 46.2 Å². The molecule has 1 amide bonds. The zero-order valence-electron chi connectivity index (χ0n) is 21.1. The van der Waals surface area contributed by atoms with Crippen LogP contribution in [0.1, 0.15) is 48.1 Å². The molecule has 6 rings (SSSR count). The molecule has 5 N–H and O–H groups in total. The first-order valence-corrected chi connectivity index (χ1v) is 13.0. The van der Waals surface area contributed by atoms with Gasteiger partial charge in [-0.15, -0.1) is 0 Å². The van der Waals surface area contributed by atoms with Crippen LogP contribution in [-0.4, -0.2) is 56.4 Å². The Morgan fingerprint density at radius 3 is 2.58 bits per heavy atom. The van der Waals surface area contributed by atoms with Gasteiger partial charge in [-0.05, 0) is 74.9 Å². The van der Waals surface area contributed by atoms with Crippen molar-refractivity contribution in [2.45, 2.75) is 51.2 Å². The SMILES string of the molecule is Cc1ccc(-c2ccc(CN3CCCC3)o2)c2c1C(O)=C1C(=O)[C@]3(O)C(O)=C(C(N)=O)C(=O)CC3C[C@@H]1C2. The summed E-state index contributed by atoms with van der Waals surface area (Å²) in [6, 6.07) is 7.68. The van der Waals surface area contributed by atoms with E-state index in [-0.39, 0.29) is 24.2 Å². The monoisotopic (exact) mass is 518 g/mol. The number of aliphatic hydroxyl groups excluding tert-OH is 2. The Labute approximate surface area is 219 Å². The van der Waals surface area contributed by atoms with Gasteiger partial charge >= 0.3 is 0 Å². The van der Waals surface area contributed by atoms with Crippen molar-refractivity contribution >= 4 is 23.2 Å². The van der Waals surface area contributed by atoms with Crippen LogP contribution in [0, 0.1) is 18.8 Å². The van der Waals surface area contributed by atoms with Crippen LogP contribution in [0.2, 0.25) is 0 Å². The third kappa shape index (κ3) is 3.49. The fourth-order valence-corrected chi connectivity index (χ4v) is 6.82. The summed E-state index contributed by atoms with van der Waals surface area (Å²) >= 11 is 0. The summed E-state index contributed by atoms with van der Waals surface area (Å²) in [7, 11) is 0.